The number of amides is 2. The van der Waals surface area contributed by atoms with E-state index in [0.29, 0.717) is 42.1 Å². The van der Waals surface area contributed by atoms with Crippen LogP contribution in [-0.4, -0.2) is 64.8 Å². The zero-order valence-corrected chi connectivity index (χ0v) is 19.3. The number of benzene rings is 1. The second-order valence-electron chi connectivity index (χ2n) is 8.45. The SMILES string of the molecule is CN1CCN(C(=O)c2ccc(Cc3cc(NCc4c(F)cccc4F)c(C(N)=O)cn3)nc2)CC1. The molecule has 3 heterocycles. The summed E-state index contributed by atoms with van der Waals surface area (Å²) in [6, 6.07) is 8.71. The highest BCUT2D eigenvalue weighted by molar-refractivity contribution is 5.98. The van der Waals surface area contributed by atoms with E-state index in [4.69, 9.17) is 5.73 Å². The molecule has 2 amide bonds. The molecule has 0 unspecified atom stereocenters. The maximum Gasteiger partial charge on any atom is 0.255 e. The van der Waals surface area contributed by atoms with Crippen LogP contribution in [-0.2, 0) is 13.0 Å². The summed E-state index contributed by atoms with van der Waals surface area (Å²) in [5, 5.41) is 2.89. The van der Waals surface area contributed by atoms with Gasteiger partial charge in [-0.15, -0.1) is 0 Å². The van der Waals surface area contributed by atoms with Gasteiger partial charge in [0.25, 0.3) is 11.8 Å². The number of rotatable bonds is 7. The number of carbonyl (C=O) groups is 2. The largest absolute Gasteiger partial charge is 0.380 e. The van der Waals surface area contributed by atoms with E-state index >= 15 is 0 Å². The Hall–Kier alpha value is -3.92. The lowest BCUT2D eigenvalue weighted by molar-refractivity contribution is 0.0663. The summed E-state index contributed by atoms with van der Waals surface area (Å²) in [7, 11) is 2.03. The number of pyridine rings is 2. The topological polar surface area (TPSA) is 104 Å². The van der Waals surface area contributed by atoms with E-state index in [2.05, 4.69) is 20.2 Å². The molecular weight excluding hydrogens is 454 g/mol. The van der Waals surface area contributed by atoms with Crippen molar-refractivity contribution < 1.29 is 18.4 Å². The van der Waals surface area contributed by atoms with Gasteiger partial charge in [-0.1, -0.05) is 6.07 Å². The fraction of sp³-hybridized carbons (Fsp3) is 0.280. The Kier molecular flexibility index (Phi) is 7.31. The number of hydrogen-bond acceptors (Lipinski definition) is 6. The number of anilines is 1. The van der Waals surface area contributed by atoms with Crippen molar-refractivity contribution in [2.75, 3.05) is 38.5 Å². The van der Waals surface area contributed by atoms with Crippen molar-refractivity contribution in [2.45, 2.75) is 13.0 Å². The van der Waals surface area contributed by atoms with E-state index in [1.165, 1.54) is 12.3 Å². The standard InChI is InChI=1S/C25H26F2N6O2/c1-32-7-9-33(10-8-32)25(35)16-5-6-17(29-13-16)11-18-12-23(20(15-30-18)24(28)34)31-14-19-21(26)3-2-4-22(19)27/h2-6,12-13,15H,7-11,14H2,1H3,(H2,28,34)(H,30,31). The number of piperazine rings is 1. The molecule has 4 rings (SSSR count). The maximum atomic E-state index is 14.0. The van der Waals surface area contributed by atoms with E-state index in [-0.39, 0.29) is 23.6 Å². The second-order valence-corrected chi connectivity index (χ2v) is 8.45. The predicted octanol–water partition coefficient (Wildman–Crippen LogP) is 2.44. The van der Waals surface area contributed by atoms with Gasteiger partial charge < -0.3 is 20.9 Å². The van der Waals surface area contributed by atoms with E-state index in [9.17, 15) is 18.4 Å². The lowest BCUT2D eigenvalue weighted by Gasteiger charge is -2.32. The number of hydrogen-bond donors (Lipinski definition) is 2. The molecule has 1 aliphatic rings. The number of carbonyl (C=O) groups excluding carboxylic acids is 2. The van der Waals surface area contributed by atoms with Crippen molar-refractivity contribution in [1.82, 2.24) is 19.8 Å². The summed E-state index contributed by atoms with van der Waals surface area (Å²) in [6.07, 6.45) is 3.20. The van der Waals surface area contributed by atoms with Crippen molar-refractivity contribution in [3.63, 3.8) is 0 Å². The predicted molar refractivity (Wildman–Crippen MR) is 127 cm³/mol. The molecule has 0 aliphatic carbocycles. The molecule has 0 radical (unpaired) electrons. The van der Waals surface area contributed by atoms with Crippen LogP contribution in [0.5, 0.6) is 0 Å². The number of halogens is 2. The van der Waals surface area contributed by atoms with Gasteiger partial charge in [-0.2, -0.15) is 0 Å². The molecule has 182 valence electrons. The van der Waals surface area contributed by atoms with Crippen LogP contribution in [0.15, 0.2) is 48.8 Å². The maximum absolute atomic E-state index is 14.0. The normalized spacial score (nSPS) is 14.1. The molecule has 2 aromatic heterocycles. The number of nitrogens with zero attached hydrogens (tertiary/aromatic N) is 4. The molecule has 3 N–H and O–H groups in total. The molecule has 3 aromatic rings. The molecule has 1 aromatic carbocycles. The third-order valence-corrected chi connectivity index (χ3v) is 5.97. The van der Waals surface area contributed by atoms with E-state index in [1.807, 2.05) is 11.9 Å². The molecule has 1 aliphatic heterocycles. The first-order valence-electron chi connectivity index (χ1n) is 11.2. The Labute approximate surface area is 201 Å². The lowest BCUT2D eigenvalue weighted by atomic mass is 10.1. The smallest absolute Gasteiger partial charge is 0.255 e. The summed E-state index contributed by atoms with van der Waals surface area (Å²) in [4.78, 5) is 37.2. The zero-order chi connectivity index (χ0) is 24.9. The Morgan fingerprint density at radius 3 is 2.31 bits per heavy atom. The van der Waals surface area contributed by atoms with Crippen molar-refractivity contribution in [3.05, 3.63) is 88.5 Å². The van der Waals surface area contributed by atoms with Crippen LogP contribution in [0.2, 0.25) is 0 Å². The summed E-state index contributed by atoms with van der Waals surface area (Å²) < 4.78 is 28.0. The zero-order valence-electron chi connectivity index (χ0n) is 19.3. The van der Waals surface area contributed by atoms with Crippen molar-refractivity contribution in [1.29, 1.82) is 0 Å². The van der Waals surface area contributed by atoms with Crippen LogP contribution >= 0.6 is 0 Å². The van der Waals surface area contributed by atoms with Crippen molar-refractivity contribution >= 4 is 17.5 Å². The molecule has 0 atom stereocenters. The summed E-state index contributed by atoms with van der Waals surface area (Å²) >= 11 is 0. The minimum absolute atomic E-state index is 0.0482. The average Bonchev–Trinajstić information content (AvgIpc) is 2.84. The Bertz CT molecular complexity index is 1210. The molecule has 0 saturated carbocycles. The number of nitrogens with two attached hydrogens (primary N) is 1. The van der Waals surface area contributed by atoms with Crippen molar-refractivity contribution in [3.8, 4) is 0 Å². The van der Waals surface area contributed by atoms with Gasteiger partial charge in [0.2, 0.25) is 0 Å². The number of primary amides is 1. The number of aromatic nitrogens is 2. The fourth-order valence-corrected chi connectivity index (χ4v) is 3.86. The lowest BCUT2D eigenvalue weighted by Crippen LogP contribution is -2.47. The Morgan fingerprint density at radius 2 is 1.69 bits per heavy atom. The van der Waals surface area contributed by atoms with E-state index in [0.717, 1.165) is 25.2 Å². The van der Waals surface area contributed by atoms with Gasteiger partial charge in [0.05, 0.1) is 16.8 Å². The summed E-state index contributed by atoms with van der Waals surface area (Å²) in [6.45, 7) is 2.86. The highest BCUT2D eigenvalue weighted by Crippen LogP contribution is 2.20. The second kappa shape index (κ2) is 10.6. The molecule has 1 saturated heterocycles. The highest BCUT2D eigenvalue weighted by atomic mass is 19.1. The summed E-state index contributed by atoms with van der Waals surface area (Å²) in [5.41, 5.74) is 7.46. The first-order chi connectivity index (χ1) is 16.8. The average molecular weight is 481 g/mol. The summed E-state index contributed by atoms with van der Waals surface area (Å²) in [5.74, 6) is -2.15. The molecule has 8 nitrogen and oxygen atoms in total. The molecule has 10 heteroatoms. The van der Waals surface area contributed by atoms with Crippen molar-refractivity contribution in [2.24, 2.45) is 5.73 Å². The fourth-order valence-electron chi connectivity index (χ4n) is 3.86. The molecule has 0 bridgehead atoms. The monoisotopic (exact) mass is 480 g/mol. The Balaban J connectivity index is 1.47. The van der Waals surface area contributed by atoms with Gasteiger partial charge in [0.15, 0.2) is 0 Å². The van der Waals surface area contributed by atoms with Crippen LogP contribution in [0.1, 0.15) is 37.7 Å². The minimum Gasteiger partial charge on any atom is -0.380 e. The minimum atomic E-state index is -0.717. The van der Waals surface area contributed by atoms with Gasteiger partial charge in [-0.25, -0.2) is 8.78 Å². The third kappa shape index (κ3) is 5.78. The molecule has 1 fully saturated rings. The highest BCUT2D eigenvalue weighted by Gasteiger charge is 2.20. The number of nitrogens with one attached hydrogen (secondary N) is 1. The van der Waals surface area contributed by atoms with Gasteiger partial charge in [-0.3, -0.25) is 19.6 Å². The van der Waals surface area contributed by atoms with Crippen LogP contribution < -0.4 is 11.1 Å². The van der Waals surface area contributed by atoms with Crippen LogP contribution in [0.3, 0.4) is 0 Å². The molecular formula is C25H26F2N6O2. The molecule has 0 spiro atoms. The van der Waals surface area contributed by atoms with Gasteiger partial charge in [0, 0.05) is 68.5 Å². The van der Waals surface area contributed by atoms with Gasteiger partial charge in [0.1, 0.15) is 11.6 Å². The van der Waals surface area contributed by atoms with E-state index < -0.39 is 17.5 Å². The van der Waals surface area contributed by atoms with E-state index in [1.54, 1.807) is 24.4 Å². The quantitative estimate of drug-likeness (QED) is 0.538. The third-order valence-electron chi connectivity index (χ3n) is 5.97. The van der Waals surface area contributed by atoms with Gasteiger partial charge >= 0.3 is 0 Å². The first kappa shape index (κ1) is 24.2. The van der Waals surface area contributed by atoms with Crippen LogP contribution in [0.25, 0.3) is 0 Å². The van der Waals surface area contributed by atoms with Crippen LogP contribution in [0.4, 0.5) is 14.5 Å². The first-order valence-corrected chi connectivity index (χ1v) is 11.2. The Morgan fingerprint density at radius 1 is 1.00 bits per heavy atom. The number of likely N-dealkylation sites (N-methyl/N-ethyl adjacent to an activating group) is 1. The van der Waals surface area contributed by atoms with Gasteiger partial charge in [-0.05, 0) is 37.4 Å². The molecule has 35 heavy (non-hydrogen) atoms. The van der Waals surface area contributed by atoms with Crippen LogP contribution in [0, 0.1) is 11.6 Å².